The number of carbonyl (C=O) groups is 1. The number of thiophene rings is 1. The molecule has 11 heteroatoms. The van der Waals surface area contributed by atoms with Gasteiger partial charge >= 0.3 is 5.97 Å². The molecule has 0 aromatic carbocycles. The lowest BCUT2D eigenvalue weighted by molar-refractivity contribution is 0.0698. The fourth-order valence-electron chi connectivity index (χ4n) is 1.38. The number of azo groups is 1. The highest BCUT2D eigenvalue weighted by Gasteiger charge is 2.20. The minimum Gasteiger partial charge on any atom is -0.504 e. The van der Waals surface area contributed by atoms with Crippen molar-refractivity contribution in [3.63, 3.8) is 0 Å². The fraction of sp³-hybridized carbons (Fsp3) is 0.0909. The molecule has 116 valence electrons. The zero-order chi connectivity index (χ0) is 16.5. The maximum Gasteiger partial charge on any atom is 0.338 e. The van der Waals surface area contributed by atoms with Gasteiger partial charge in [-0.3, -0.25) is 0 Å². The van der Waals surface area contributed by atoms with E-state index in [0.717, 1.165) is 12.3 Å². The summed E-state index contributed by atoms with van der Waals surface area (Å²) in [5, 5.41) is 25.6. The number of aromatic nitrogens is 1. The van der Waals surface area contributed by atoms with E-state index in [0.29, 0.717) is 11.3 Å². The Morgan fingerprint density at radius 2 is 2.05 bits per heavy atom. The Labute approximate surface area is 128 Å². The van der Waals surface area contributed by atoms with Crippen LogP contribution in [-0.2, 0) is 9.84 Å². The largest absolute Gasteiger partial charge is 0.504 e. The van der Waals surface area contributed by atoms with Crippen LogP contribution >= 0.6 is 11.3 Å². The van der Waals surface area contributed by atoms with Gasteiger partial charge in [-0.15, -0.1) is 21.6 Å². The van der Waals surface area contributed by atoms with E-state index in [1.54, 1.807) is 0 Å². The van der Waals surface area contributed by atoms with Crippen LogP contribution in [0.3, 0.4) is 0 Å². The Hall–Kier alpha value is -2.53. The Kier molecular flexibility index (Phi) is 4.10. The number of anilines is 1. The lowest BCUT2D eigenvalue weighted by Crippen LogP contribution is -1.95. The van der Waals surface area contributed by atoms with Crippen molar-refractivity contribution in [2.24, 2.45) is 10.2 Å². The molecule has 2 heterocycles. The van der Waals surface area contributed by atoms with Crippen LogP contribution in [0.15, 0.2) is 32.6 Å². The van der Waals surface area contributed by atoms with Crippen LogP contribution < -0.4 is 5.73 Å². The summed E-state index contributed by atoms with van der Waals surface area (Å²) in [6, 6.07) is 3.60. The Morgan fingerprint density at radius 3 is 2.59 bits per heavy atom. The van der Waals surface area contributed by atoms with E-state index in [1.807, 2.05) is 0 Å². The summed E-state index contributed by atoms with van der Waals surface area (Å²) in [6.07, 6.45) is 0.966. The van der Waals surface area contributed by atoms with Crippen LogP contribution in [0.1, 0.15) is 10.4 Å². The number of hydrogen-bond acceptors (Lipinski definition) is 9. The SMILES string of the molecule is CS(=O)(=O)c1cc(C(=O)O)c(/N=N/c2ccc(O)c(N)n2)s1. The second-order valence-electron chi connectivity index (χ2n) is 4.14. The molecular weight excluding hydrogens is 332 g/mol. The van der Waals surface area contributed by atoms with Crippen LogP contribution in [0, 0.1) is 0 Å². The third-order valence-corrected chi connectivity index (χ3v) is 5.24. The highest BCUT2D eigenvalue weighted by Crippen LogP contribution is 2.35. The van der Waals surface area contributed by atoms with Gasteiger partial charge in [0, 0.05) is 6.26 Å². The van der Waals surface area contributed by atoms with Crippen molar-refractivity contribution in [2.45, 2.75) is 4.21 Å². The second-order valence-corrected chi connectivity index (χ2v) is 7.41. The highest BCUT2D eigenvalue weighted by atomic mass is 32.2. The van der Waals surface area contributed by atoms with Gasteiger partial charge in [-0.1, -0.05) is 0 Å². The summed E-state index contributed by atoms with van der Waals surface area (Å²) >= 11 is 0.684. The first-order chi connectivity index (χ1) is 10.2. The van der Waals surface area contributed by atoms with Gasteiger partial charge in [0.15, 0.2) is 32.2 Å². The van der Waals surface area contributed by atoms with Crippen LogP contribution in [-0.4, -0.2) is 35.8 Å². The zero-order valence-electron chi connectivity index (χ0n) is 11.1. The number of sulfone groups is 1. The fourth-order valence-corrected chi connectivity index (χ4v) is 3.26. The molecule has 2 aromatic heterocycles. The highest BCUT2D eigenvalue weighted by molar-refractivity contribution is 7.92. The van der Waals surface area contributed by atoms with Gasteiger partial charge in [0.05, 0.1) is 5.56 Å². The topological polar surface area (TPSA) is 155 Å². The van der Waals surface area contributed by atoms with Gasteiger partial charge in [-0.05, 0) is 18.2 Å². The first-order valence-electron chi connectivity index (χ1n) is 5.63. The van der Waals surface area contributed by atoms with Crippen LogP contribution in [0.2, 0.25) is 0 Å². The van der Waals surface area contributed by atoms with Gasteiger partial charge in [0.1, 0.15) is 4.21 Å². The Morgan fingerprint density at radius 1 is 1.36 bits per heavy atom. The molecular formula is C11H10N4O5S2. The minimum atomic E-state index is -3.55. The van der Waals surface area contributed by atoms with E-state index in [1.165, 1.54) is 12.1 Å². The maximum atomic E-state index is 11.5. The number of aromatic hydroxyl groups is 1. The summed E-state index contributed by atoms with van der Waals surface area (Å²) < 4.78 is 22.8. The van der Waals surface area contributed by atoms with E-state index >= 15 is 0 Å². The summed E-state index contributed by atoms with van der Waals surface area (Å²) in [5.74, 6) is -1.65. The van der Waals surface area contributed by atoms with Crippen molar-refractivity contribution in [1.82, 2.24) is 4.98 Å². The van der Waals surface area contributed by atoms with E-state index in [-0.39, 0.29) is 32.2 Å². The summed E-state index contributed by atoms with van der Waals surface area (Å²) in [5.41, 5.74) is 5.12. The average Bonchev–Trinajstić information content (AvgIpc) is 2.84. The predicted molar refractivity (Wildman–Crippen MR) is 78.9 cm³/mol. The molecule has 4 N–H and O–H groups in total. The maximum absolute atomic E-state index is 11.5. The molecule has 0 fully saturated rings. The van der Waals surface area contributed by atoms with E-state index in [4.69, 9.17) is 10.8 Å². The number of carboxylic acid groups (broad SMARTS) is 1. The number of pyridine rings is 1. The number of aromatic carboxylic acids is 1. The number of nitrogens with two attached hydrogens (primary N) is 1. The van der Waals surface area contributed by atoms with Gasteiger partial charge in [-0.25, -0.2) is 18.2 Å². The molecule has 0 aliphatic rings. The summed E-state index contributed by atoms with van der Waals surface area (Å²) in [4.78, 5) is 14.8. The van der Waals surface area contributed by atoms with Crippen molar-refractivity contribution in [3.8, 4) is 5.75 Å². The molecule has 0 bridgehead atoms. The molecule has 0 atom stereocenters. The molecule has 22 heavy (non-hydrogen) atoms. The van der Waals surface area contributed by atoms with Gasteiger partial charge < -0.3 is 15.9 Å². The molecule has 0 radical (unpaired) electrons. The summed E-state index contributed by atoms with van der Waals surface area (Å²) in [7, 11) is -3.55. The van der Waals surface area contributed by atoms with Crippen molar-refractivity contribution < 1.29 is 23.4 Å². The normalized spacial score (nSPS) is 11.9. The van der Waals surface area contributed by atoms with Gasteiger partial charge in [-0.2, -0.15) is 0 Å². The minimum absolute atomic E-state index is 0.0425. The molecule has 0 aliphatic heterocycles. The third kappa shape index (κ3) is 3.38. The third-order valence-electron chi connectivity index (χ3n) is 2.42. The molecule has 0 amide bonds. The van der Waals surface area contributed by atoms with Crippen molar-refractivity contribution in [1.29, 1.82) is 0 Å². The lowest BCUT2D eigenvalue weighted by Gasteiger charge is -1.97. The van der Waals surface area contributed by atoms with Crippen molar-refractivity contribution in [2.75, 3.05) is 12.0 Å². The molecule has 0 aliphatic carbocycles. The van der Waals surface area contributed by atoms with Crippen LogP contribution in [0.5, 0.6) is 5.75 Å². The lowest BCUT2D eigenvalue weighted by atomic mass is 10.3. The van der Waals surface area contributed by atoms with E-state index in [2.05, 4.69) is 15.2 Å². The Balaban J connectivity index is 2.43. The Bertz CT molecular complexity index is 873. The molecule has 0 saturated carbocycles. The van der Waals surface area contributed by atoms with E-state index < -0.39 is 15.8 Å². The zero-order valence-corrected chi connectivity index (χ0v) is 12.7. The quantitative estimate of drug-likeness (QED) is 0.717. The van der Waals surface area contributed by atoms with E-state index in [9.17, 15) is 18.3 Å². The number of rotatable bonds is 4. The van der Waals surface area contributed by atoms with Crippen molar-refractivity contribution in [3.05, 3.63) is 23.8 Å². The smallest absolute Gasteiger partial charge is 0.338 e. The van der Waals surface area contributed by atoms with Gasteiger partial charge in [0.2, 0.25) is 0 Å². The van der Waals surface area contributed by atoms with Gasteiger partial charge in [0.25, 0.3) is 0 Å². The number of hydrogen-bond donors (Lipinski definition) is 3. The van der Waals surface area contributed by atoms with Crippen LogP contribution in [0.4, 0.5) is 16.6 Å². The molecule has 9 nitrogen and oxygen atoms in total. The molecule has 0 saturated heterocycles. The monoisotopic (exact) mass is 342 g/mol. The number of carboxylic acids is 1. The first kappa shape index (κ1) is 15.9. The molecule has 2 aromatic rings. The average molecular weight is 342 g/mol. The van der Waals surface area contributed by atoms with Crippen LogP contribution in [0.25, 0.3) is 0 Å². The number of nitrogens with zero attached hydrogens (tertiary/aromatic N) is 3. The second kappa shape index (κ2) is 5.69. The first-order valence-corrected chi connectivity index (χ1v) is 8.33. The number of nitrogen functional groups attached to an aromatic ring is 1. The predicted octanol–water partition coefficient (Wildman–Crippen LogP) is 1.95. The summed E-state index contributed by atoms with van der Waals surface area (Å²) in [6.45, 7) is 0. The molecule has 0 spiro atoms. The van der Waals surface area contributed by atoms with Crippen molar-refractivity contribution >= 4 is 43.8 Å². The molecule has 0 unspecified atom stereocenters. The standard InChI is InChI=1S/C11H10N4O5S2/c1-22(19,20)8-4-5(11(17)18)10(21-8)15-14-7-3-2-6(16)9(12)13-7/h2-4,16H,1H3,(H2,12,13)(H,17,18)/b15-14+. The molecule has 2 rings (SSSR count).